The number of carbonyl (C=O) groups is 1. The van der Waals surface area contributed by atoms with Crippen LogP contribution in [0.3, 0.4) is 0 Å². The standard InChI is InChI=1S/C23H24N4O5S/c1-3-26(4-2)20-14-12-18(13-15-20)24-23(28)17-8-10-19(11-9-17)25-33(31,32)22-7-5-6-21(16-22)27(29)30/h5-16,25H,3-4H2,1-2H3,(H,24,28). The van der Waals surface area contributed by atoms with Crippen molar-refractivity contribution in [2.75, 3.05) is 28.0 Å². The molecule has 2 N–H and O–H groups in total. The van der Waals surface area contributed by atoms with Gasteiger partial charge in [-0.15, -0.1) is 0 Å². The molecule has 10 heteroatoms. The molecule has 1 amide bonds. The minimum Gasteiger partial charge on any atom is -0.372 e. The average molecular weight is 469 g/mol. The van der Waals surface area contributed by atoms with E-state index in [9.17, 15) is 23.3 Å². The molecule has 0 aliphatic carbocycles. The molecule has 0 saturated carbocycles. The van der Waals surface area contributed by atoms with Crippen LogP contribution in [0.15, 0.2) is 77.7 Å². The Morgan fingerprint density at radius 1 is 0.939 bits per heavy atom. The van der Waals surface area contributed by atoms with Crippen LogP contribution >= 0.6 is 0 Å². The van der Waals surface area contributed by atoms with Crippen molar-refractivity contribution >= 4 is 38.7 Å². The Morgan fingerprint density at radius 3 is 2.12 bits per heavy atom. The normalized spacial score (nSPS) is 11.0. The van der Waals surface area contributed by atoms with E-state index in [4.69, 9.17) is 0 Å². The van der Waals surface area contributed by atoms with Crippen LogP contribution in [0, 0.1) is 10.1 Å². The molecule has 172 valence electrons. The van der Waals surface area contributed by atoms with Crippen LogP contribution in [0.2, 0.25) is 0 Å². The zero-order valence-electron chi connectivity index (χ0n) is 18.2. The fourth-order valence-corrected chi connectivity index (χ4v) is 4.31. The summed E-state index contributed by atoms with van der Waals surface area (Å²) < 4.78 is 27.4. The first-order chi connectivity index (χ1) is 15.7. The van der Waals surface area contributed by atoms with Gasteiger partial charge in [-0.25, -0.2) is 8.42 Å². The molecule has 3 aromatic rings. The second-order valence-electron chi connectivity index (χ2n) is 7.11. The molecule has 0 atom stereocenters. The Kier molecular flexibility index (Phi) is 7.29. The van der Waals surface area contributed by atoms with Crippen molar-refractivity contribution < 1.29 is 18.1 Å². The summed E-state index contributed by atoms with van der Waals surface area (Å²) in [5.74, 6) is -0.335. The minimum atomic E-state index is -4.03. The SMILES string of the molecule is CCN(CC)c1ccc(NC(=O)c2ccc(NS(=O)(=O)c3cccc([N+](=O)[O-])c3)cc2)cc1. The Morgan fingerprint density at radius 2 is 1.55 bits per heavy atom. The highest BCUT2D eigenvalue weighted by atomic mass is 32.2. The van der Waals surface area contributed by atoms with Crippen LogP contribution in [-0.4, -0.2) is 32.3 Å². The van der Waals surface area contributed by atoms with E-state index >= 15 is 0 Å². The maximum absolute atomic E-state index is 12.5. The lowest BCUT2D eigenvalue weighted by atomic mass is 10.2. The van der Waals surface area contributed by atoms with Crippen molar-refractivity contribution in [3.8, 4) is 0 Å². The largest absolute Gasteiger partial charge is 0.372 e. The summed E-state index contributed by atoms with van der Waals surface area (Å²) in [6.07, 6.45) is 0. The number of nitro groups is 1. The van der Waals surface area contributed by atoms with E-state index in [-0.39, 0.29) is 22.2 Å². The van der Waals surface area contributed by atoms with Gasteiger partial charge in [-0.3, -0.25) is 19.6 Å². The molecule has 0 heterocycles. The first kappa shape index (κ1) is 23.7. The van der Waals surface area contributed by atoms with Gasteiger partial charge in [0.15, 0.2) is 0 Å². The molecule has 3 rings (SSSR count). The van der Waals surface area contributed by atoms with Crippen molar-refractivity contribution in [2.45, 2.75) is 18.7 Å². The van der Waals surface area contributed by atoms with Crippen molar-refractivity contribution in [1.82, 2.24) is 0 Å². The van der Waals surface area contributed by atoms with Gasteiger partial charge in [-0.1, -0.05) is 6.07 Å². The smallest absolute Gasteiger partial charge is 0.270 e. The predicted molar refractivity (Wildman–Crippen MR) is 128 cm³/mol. The van der Waals surface area contributed by atoms with Crippen molar-refractivity contribution in [2.24, 2.45) is 0 Å². The average Bonchev–Trinajstić information content (AvgIpc) is 2.81. The van der Waals surface area contributed by atoms with Gasteiger partial charge >= 0.3 is 0 Å². The first-order valence-corrected chi connectivity index (χ1v) is 11.8. The van der Waals surface area contributed by atoms with Gasteiger partial charge in [-0.2, -0.15) is 0 Å². The zero-order valence-corrected chi connectivity index (χ0v) is 19.0. The number of anilines is 3. The number of amides is 1. The van der Waals surface area contributed by atoms with Crippen molar-refractivity contribution in [3.05, 3.63) is 88.5 Å². The highest BCUT2D eigenvalue weighted by Crippen LogP contribution is 2.22. The second kappa shape index (κ2) is 10.1. The second-order valence-corrected chi connectivity index (χ2v) is 8.79. The van der Waals surface area contributed by atoms with Crippen molar-refractivity contribution in [1.29, 1.82) is 0 Å². The Bertz CT molecular complexity index is 1240. The summed E-state index contributed by atoms with van der Waals surface area (Å²) in [5.41, 5.74) is 1.96. The van der Waals surface area contributed by atoms with Gasteiger partial charge in [0.05, 0.1) is 9.82 Å². The lowest BCUT2D eigenvalue weighted by Crippen LogP contribution is -2.21. The maximum atomic E-state index is 12.5. The van der Waals surface area contributed by atoms with E-state index in [1.807, 2.05) is 24.3 Å². The summed E-state index contributed by atoms with van der Waals surface area (Å²) in [7, 11) is -4.03. The van der Waals surface area contributed by atoms with Crippen LogP contribution in [0.1, 0.15) is 24.2 Å². The molecule has 0 aliphatic rings. The monoisotopic (exact) mass is 468 g/mol. The van der Waals surface area contributed by atoms with Crippen LogP contribution in [0.5, 0.6) is 0 Å². The number of sulfonamides is 1. The number of nitrogens with one attached hydrogen (secondary N) is 2. The highest BCUT2D eigenvalue weighted by molar-refractivity contribution is 7.92. The molecular weight excluding hydrogens is 444 g/mol. The molecule has 9 nitrogen and oxygen atoms in total. The van der Waals surface area contributed by atoms with Gasteiger partial charge in [-0.05, 0) is 68.4 Å². The topological polar surface area (TPSA) is 122 Å². The molecule has 0 spiro atoms. The van der Waals surface area contributed by atoms with E-state index in [0.29, 0.717) is 11.3 Å². The molecule has 0 bridgehead atoms. The van der Waals surface area contributed by atoms with E-state index in [1.165, 1.54) is 42.5 Å². The minimum absolute atomic E-state index is 0.224. The molecule has 0 fully saturated rings. The van der Waals surface area contributed by atoms with Crippen LogP contribution in [0.4, 0.5) is 22.7 Å². The van der Waals surface area contributed by atoms with Gasteiger partial charge in [0.1, 0.15) is 0 Å². The molecular formula is C23H24N4O5S. The predicted octanol–water partition coefficient (Wildman–Crippen LogP) is 4.49. The number of carbonyl (C=O) groups excluding carboxylic acids is 1. The van der Waals surface area contributed by atoms with Gasteiger partial charge < -0.3 is 10.2 Å². The summed E-state index contributed by atoms with van der Waals surface area (Å²) >= 11 is 0. The Labute approximate surface area is 192 Å². The van der Waals surface area contributed by atoms with Gasteiger partial charge in [0, 0.05) is 47.8 Å². The third-order valence-electron chi connectivity index (χ3n) is 4.99. The first-order valence-electron chi connectivity index (χ1n) is 10.3. The molecule has 3 aromatic carbocycles. The maximum Gasteiger partial charge on any atom is 0.270 e. The lowest BCUT2D eigenvalue weighted by molar-refractivity contribution is -0.385. The van der Waals surface area contributed by atoms with Crippen molar-refractivity contribution in [3.63, 3.8) is 0 Å². The van der Waals surface area contributed by atoms with E-state index in [0.717, 1.165) is 24.8 Å². The highest BCUT2D eigenvalue weighted by Gasteiger charge is 2.18. The lowest BCUT2D eigenvalue weighted by Gasteiger charge is -2.21. The van der Waals surface area contributed by atoms with E-state index < -0.39 is 14.9 Å². The molecule has 0 radical (unpaired) electrons. The van der Waals surface area contributed by atoms with Gasteiger partial charge in [0.2, 0.25) is 0 Å². The summed E-state index contributed by atoms with van der Waals surface area (Å²) in [6.45, 7) is 5.93. The van der Waals surface area contributed by atoms with Crippen LogP contribution in [-0.2, 0) is 10.0 Å². The fraction of sp³-hybridized carbons (Fsp3) is 0.174. The Hall–Kier alpha value is -3.92. The molecule has 0 unspecified atom stereocenters. The molecule has 0 aliphatic heterocycles. The third-order valence-corrected chi connectivity index (χ3v) is 6.37. The van der Waals surface area contributed by atoms with Crippen LogP contribution < -0.4 is 14.9 Å². The zero-order chi connectivity index (χ0) is 24.0. The number of benzene rings is 3. The number of nitro benzene ring substituents is 1. The molecule has 0 aromatic heterocycles. The summed E-state index contributed by atoms with van der Waals surface area (Å²) in [4.78, 5) is 24.7. The van der Waals surface area contributed by atoms with Gasteiger partial charge in [0.25, 0.3) is 21.6 Å². The molecule has 33 heavy (non-hydrogen) atoms. The van der Waals surface area contributed by atoms with E-state index in [1.54, 1.807) is 0 Å². The quantitative estimate of drug-likeness (QED) is 0.352. The number of hydrogen-bond donors (Lipinski definition) is 2. The van der Waals surface area contributed by atoms with Crippen LogP contribution in [0.25, 0.3) is 0 Å². The summed E-state index contributed by atoms with van der Waals surface area (Å²) in [6, 6.07) is 18.2. The molecule has 0 saturated heterocycles. The number of rotatable bonds is 9. The summed E-state index contributed by atoms with van der Waals surface area (Å²) in [5, 5.41) is 13.7. The van der Waals surface area contributed by atoms with E-state index in [2.05, 4.69) is 28.8 Å². The number of hydrogen-bond acceptors (Lipinski definition) is 6. The third kappa shape index (κ3) is 5.86. The fourth-order valence-electron chi connectivity index (χ4n) is 3.22. The Balaban J connectivity index is 1.68. The number of non-ortho nitro benzene ring substituents is 1. The number of nitrogens with zero attached hydrogens (tertiary/aromatic N) is 2.